The first-order valence-electron chi connectivity index (χ1n) is 22.7. The third-order valence-corrected chi connectivity index (χ3v) is 13.0. The Morgan fingerprint density at radius 2 is 1.69 bits per heavy atom. The van der Waals surface area contributed by atoms with E-state index in [4.69, 9.17) is 33.7 Å². The molecule has 4 aromatic carbocycles. The van der Waals surface area contributed by atoms with E-state index in [0.29, 0.717) is 65.6 Å². The molecule has 338 valence electrons. The number of aliphatic hydroxyl groups is 2. The maximum atomic E-state index is 15.1. The largest absolute Gasteiger partial charge is 0.489 e. The van der Waals surface area contributed by atoms with Crippen LogP contribution in [0.5, 0.6) is 23.0 Å². The summed E-state index contributed by atoms with van der Waals surface area (Å²) in [6, 6.07) is 26.8. The van der Waals surface area contributed by atoms with Crippen molar-refractivity contribution in [2.24, 2.45) is 22.9 Å². The highest BCUT2D eigenvalue weighted by Crippen LogP contribution is 2.62. The first-order valence-corrected chi connectivity index (χ1v) is 22.7. The van der Waals surface area contributed by atoms with Gasteiger partial charge in [0, 0.05) is 48.8 Å². The van der Waals surface area contributed by atoms with Crippen LogP contribution in [0.25, 0.3) is 0 Å². The third-order valence-electron chi connectivity index (χ3n) is 13.0. The van der Waals surface area contributed by atoms with Gasteiger partial charge in [-0.05, 0) is 97.5 Å². The van der Waals surface area contributed by atoms with E-state index in [1.165, 1.54) is 6.07 Å². The van der Waals surface area contributed by atoms with Gasteiger partial charge in [0.25, 0.3) is 5.91 Å². The lowest BCUT2D eigenvalue weighted by Crippen LogP contribution is -2.70. The van der Waals surface area contributed by atoms with Crippen LogP contribution in [-0.4, -0.2) is 71.7 Å². The van der Waals surface area contributed by atoms with E-state index in [1.54, 1.807) is 42.5 Å². The van der Waals surface area contributed by atoms with Gasteiger partial charge < -0.3 is 43.6 Å². The van der Waals surface area contributed by atoms with Crippen molar-refractivity contribution >= 4 is 11.6 Å². The van der Waals surface area contributed by atoms with Gasteiger partial charge in [-0.25, -0.2) is 4.39 Å². The van der Waals surface area contributed by atoms with Crippen molar-refractivity contribution < 1.29 is 47.9 Å². The third kappa shape index (κ3) is 9.41. The maximum Gasteiger partial charge on any atom is 0.254 e. The summed E-state index contributed by atoms with van der Waals surface area (Å²) in [6.07, 6.45) is 9.41. The van der Waals surface area contributed by atoms with Crippen LogP contribution in [0.15, 0.2) is 120 Å². The molecule has 12 heteroatoms. The Hall–Kier alpha value is -5.69. The number of carbonyl (C=O) groups is 1. The first-order chi connectivity index (χ1) is 31.4. The van der Waals surface area contributed by atoms with Gasteiger partial charge in [-0.2, -0.15) is 0 Å². The lowest BCUT2D eigenvalue weighted by atomic mass is 9.55. The minimum absolute atomic E-state index is 0.0181. The number of hydrogen-bond donors (Lipinski definition) is 2. The molecular formula is C52H59FN2O9. The molecular weight excluding hydrogens is 816 g/mol. The van der Waals surface area contributed by atoms with Crippen LogP contribution >= 0.6 is 0 Å². The molecule has 4 aromatic rings. The average molecular weight is 875 g/mol. The summed E-state index contributed by atoms with van der Waals surface area (Å²) < 4.78 is 47.0. The molecule has 0 saturated heterocycles. The van der Waals surface area contributed by atoms with Gasteiger partial charge >= 0.3 is 0 Å². The number of hydrogen-bond acceptors (Lipinski definition) is 10. The standard InChI is InChI=1S/C52H59FN2O9/c1-3-24-55(51(58)37-20-22-46-47(29-37)61-34-60-46)48-31-44(54-63-32-35-14-6-5-7-15-35)41-28-36(16-10-12-25-56)40(18-11-13-26-57)49-42-30-39(59-33-38-17-8-9-19-43(38)53)21-23-45(42)64-52(48,50(41)49)62-27-4-2/h4-9,14-15,17,19-23,28-30,36,40,48-50,56-57H,2-3,10-13,16,18,24-27,31-34H2,1H3/t36-,40+,48-,49+,50+,52+/m0/s1. The van der Waals surface area contributed by atoms with Gasteiger partial charge in [-0.1, -0.05) is 85.6 Å². The summed E-state index contributed by atoms with van der Waals surface area (Å²) in [7, 11) is 0. The van der Waals surface area contributed by atoms with Gasteiger partial charge in [0.05, 0.1) is 18.2 Å². The van der Waals surface area contributed by atoms with Crippen LogP contribution in [0.2, 0.25) is 0 Å². The van der Waals surface area contributed by atoms with E-state index in [9.17, 15) is 14.6 Å². The van der Waals surface area contributed by atoms with Crippen LogP contribution < -0.4 is 18.9 Å². The SMILES string of the molecule is C=CCO[C@@]12Oc3ccc(OCc4ccccc4F)cc3[C@H]3[C@H](CCCCO)[C@@H](CCCCO)C=C(C(=NOCc4ccccc4)C[C@@H]1N(CCC)C(=O)c1ccc4c(c1)OCO4)[C@H]32. The molecule has 1 fully saturated rings. The summed E-state index contributed by atoms with van der Waals surface area (Å²) >= 11 is 0. The van der Waals surface area contributed by atoms with Crippen molar-refractivity contribution in [3.63, 3.8) is 0 Å². The zero-order valence-corrected chi connectivity index (χ0v) is 36.5. The molecule has 0 aromatic heterocycles. The molecule has 0 spiro atoms. The number of rotatable bonds is 21. The Morgan fingerprint density at radius 1 is 0.922 bits per heavy atom. The number of aliphatic hydroxyl groups excluding tert-OH is 2. The maximum absolute atomic E-state index is 15.1. The van der Waals surface area contributed by atoms with E-state index >= 15 is 4.79 Å². The Morgan fingerprint density at radius 3 is 2.47 bits per heavy atom. The van der Waals surface area contributed by atoms with Gasteiger partial charge in [-0.3, -0.25) is 4.79 Å². The Balaban J connectivity index is 1.31. The molecule has 11 nitrogen and oxygen atoms in total. The molecule has 0 unspecified atom stereocenters. The van der Waals surface area contributed by atoms with Crippen molar-refractivity contribution in [1.82, 2.24) is 4.90 Å². The van der Waals surface area contributed by atoms with Crippen molar-refractivity contribution in [2.75, 3.05) is 33.2 Å². The highest BCUT2D eigenvalue weighted by Gasteiger charge is 2.65. The molecule has 0 bridgehead atoms. The number of oxime groups is 1. The molecule has 2 aliphatic carbocycles. The molecule has 8 rings (SSSR count). The normalized spacial score (nSPS) is 23.3. The number of benzene rings is 4. The highest BCUT2D eigenvalue weighted by molar-refractivity contribution is 6.03. The summed E-state index contributed by atoms with van der Waals surface area (Å²) in [4.78, 5) is 23.3. The number of halogens is 1. The summed E-state index contributed by atoms with van der Waals surface area (Å²) in [5, 5.41) is 24.9. The van der Waals surface area contributed by atoms with Crippen molar-refractivity contribution in [1.29, 1.82) is 0 Å². The highest BCUT2D eigenvalue weighted by atomic mass is 19.1. The monoisotopic (exact) mass is 874 g/mol. The second kappa shape index (κ2) is 20.9. The van der Waals surface area contributed by atoms with Crippen LogP contribution in [0, 0.1) is 23.6 Å². The predicted octanol–water partition coefficient (Wildman–Crippen LogP) is 9.52. The molecule has 2 heterocycles. The van der Waals surface area contributed by atoms with E-state index in [-0.39, 0.29) is 75.7 Å². The minimum Gasteiger partial charge on any atom is -0.489 e. The number of ether oxygens (including phenoxy) is 5. The number of amides is 1. The topological polar surface area (TPSA) is 129 Å². The van der Waals surface area contributed by atoms with E-state index in [2.05, 4.69) is 12.7 Å². The number of carbonyl (C=O) groups excluding carboxylic acids is 1. The number of allylic oxidation sites excluding steroid dienone is 1. The van der Waals surface area contributed by atoms with Gasteiger partial charge in [0.1, 0.15) is 36.6 Å². The fourth-order valence-corrected chi connectivity index (χ4v) is 10.1. The van der Waals surface area contributed by atoms with E-state index in [0.717, 1.165) is 42.4 Å². The smallest absolute Gasteiger partial charge is 0.254 e. The minimum atomic E-state index is -1.43. The Bertz CT molecular complexity index is 2300. The second-order valence-electron chi connectivity index (χ2n) is 17.0. The quantitative estimate of drug-likeness (QED) is 0.0478. The zero-order chi connectivity index (χ0) is 44.5. The lowest BCUT2D eigenvalue weighted by Gasteiger charge is -2.60. The average Bonchev–Trinajstić information content (AvgIpc) is 3.80. The van der Waals surface area contributed by atoms with Crippen LogP contribution in [0.4, 0.5) is 4.39 Å². The molecule has 4 aliphatic rings. The number of unbranched alkanes of at least 4 members (excludes halogenated alkanes) is 2. The Labute approximate surface area is 375 Å². The summed E-state index contributed by atoms with van der Waals surface area (Å²) in [6.45, 7) is 7.14. The molecule has 0 radical (unpaired) electrons. The molecule has 64 heavy (non-hydrogen) atoms. The summed E-state index contributed by atoms with van der Waals surface area (Å²) in [5.41, 5.74) is 4.39. The number of fused-ring (bicyclic) bond motifs is 3. The Kier molecular flexibility index (Phi) is 14.6. The van der Waals surface area contributed by atoms with Crippen molar-refractivity contribution in [3.05, 3.63) is 143 Å². The first kappa shape index (κ1) is 44.9. The van der Waals surface area contributed by atoms with Gasteiger partial charge in [-0.15, -0.1) is 6.58 Å². The molecule has 1 saturated carbocycles. The second-order valence-corrected chi connectivity index (χ2v) is 17.0. The van der Waals surface area contributed by atoms with Crippen molar-refractivity contribution in [2.45, 2.75) is 89.3 Å². The van der Waals surface area contributed by atoms with E-state index < -0.39 is 17.7 Å². The molecule has 6 atom stereocenters. The summed E-state index contributed by atoms with van der Waals surface area (Å²) in [5.74, 6) is -0.438. The molecule has 2 aliphatic heterocycles. The van der Waals surface area contributed by atoms with Gasteiger partial charge in [0.2, 0.25) is 12.6 Å². The van der Waals surface area contributed by atoms with Crippen LogP contribution in [-0.2, 0) is 22.8 Å². The van der Waals surface area contributed by atoms with Gasteiger partial charge in [0.15, 0.2) is 11.5 Å². The fraction of sp³-hybridized carbons (Fsp3) is 0.423. The number of nitrogens with zero attached hydrogens (tertiary/aromatic N) is 2. The van der Waals surface area contributed by atoms with Crippen LogP contribution in [0.1, 0.15) is 91.3 Å². The van der Waals surface area contributed by atoms with Crippen molar-refractivity contribution in [3.8, 4) is 23.0 Å². The van der Waals surface area contributed by atoms with Crippen LogP contribution in [0.3, 0.4) is 0 Å². The fourth-order valence-electron chi connectivity index (χ4n) is 10.1. The molecule has 1 amide bonds. The molecule has 2 N–H and O–H groups in total. The predicted molar refractivity (Wildman–Crippen MR) is 241 cm³/mol. The van der Waals surface area contributed by atoms with E-state index in [1.807, 2.05) is 60.4 Å². The lowest BCUT2D eigenvalue weighted by molar-refractivity contribution is -0.254. The zero-order valence-electron chi connectivity index (χ0n) is 36.5.